The third kappa shape index (κ3) is 5.84. The predicted octanol–water partition coefficient (Wildman–Crippen LogP) is 5.67. The number of anilines is 2. The molecule has 2 aliphatic rings. The number of benzene rings is 2. The Hall–Kier alpha value is -3.47. The number of hydrogen-bond acceptors (Lipinski definition) is 8. The molecule has 0 radical (unpaired) electrons. The maximum atomic E-state index is 12.9. The summed E-state index contributed by atoms with van der Waals surface area (Å²) in [6, 6.07) is 15.3. The van der Waals surface area contributed by atoms with Crippen molar-refractivity contribution in [3.63, 3.8) is 0 Å². The first-order valence-electron chi connectivity index (χ1n) is 13.5. The predicted molar refractivity (Wildman–Crippen MR) is 161 cm³/mol. The van der Waals surface area contributed by atoms with E-state index < -0.39 is 10.0 Å². The second kappa shape index (κ2) is 12.0. The number of nitrogens with one attached hydrogen (secondary N) is 3. The third-order valence-electron chi connectivity index (χ3n) is 7.48. The van der Waals surface area contributed by atoms with E-state index in [1.54, 1.807) is 18.5 Å². The van der Waals surface area contributed by atoms with Crippen molar-refractivity contribution in [2.45, 2.75) is 50.3 Å². The molecule has 3 heterocycles. The fraction of sp³-hybridized carbons (Fsp3) is 0.345. The molecule has 9 nitrogen and oxygen atoms in total. The average Bonchev–Trinajstić information content (AvgIpc) is 2.90. The minimum Gasteiger partial charge on any atom is -0.437 e. The molecule has 0 bridgehead atoms. The quantitative estimate of drug-likeness (QED) is 0.244. The van der Waals surface area contributed by atoms with E-state index in [2.05, 4.69) is 25.3 Å². The Labute approximate surface area is 240 Å². The molecule has 1 saturated heterocycles. The van der Waals surface area contributed by atoms with E-state index in [-0.39, 0.29) is 23.7 Å². The van der Waals surface area contributed by atoms with Gasteiger partial charge in [-0.15, -0.1) is 12.4 Å². The summed E-state index contributed by atoms with van der Waals surface area (Å²) in [5.41, 5.74) is 2.90. The molecule has 40 heavy (non-hydrogen) atoms. The zero-order chi connectivity index (χ0) is 26.8. The Kier molecular flexibility index (Phi) is 8.39. The van der Waals surface area contributed by atoms with E-state index in [1.165, 1.54) is 0 Å². The number of halogens is 1. The summed E-state index contributed by atoms with van der Waals surface area (Å²) in [6.45, 7) is 3.89. The van der Waals surface area contributed by atoms with Crippen molar-refractivity contribution in [1.82, 2.24) is 20.3 Å². The van der Waals surface area contributed by atoms with Crippen LogP contribution in [-0.2, 0) is 10.0 Å². The lowest BCUT2D eigenvalue weighted by Gasteiger charge is -2.26. The average molecular weight is 581 g/mol. The van der Waals surface area contributed by atoms with E-state index >= 15 is 0 Å². The third-order valence-corrected chi connectivity index (χ3v) is 9.34. The van der Waals surface area contributed by atoms with Crippen LogP contribution in [0.2, 0.25) is 0 Å². The molecule has 1 unspecified atom stereocenters. The molecule has 0 amide bonds. The van der Waals surface area contributed by atoms with Crippen LogP contribution < -0.4 is 20.1 Å². The first kappa shape index (κ1) is 28.1. The number of rotatable bonds is 8. The lowest BCUT2D eigenvalue weighted by molar-refractivity contribution is 0.466. The lowest BCUT2D eigenvalue weighted by Crippen LogP contribution is -2.38. The number of fused-ring (bicyclic) bond motifs is 1. The number of pyridine rings is 1. The Balaban J connectivity index is 0.00000323. The second-order valence-corrected chi connectivity index (χ2v) is 12.2. The van der Waals surface area contributed by atoms with Gasteiger partial charge < -0.3 is 15.4 Å². The van der Waals surface area contributed by atoms with E-state index in [1.807, 2.05) is 49.4 Å². The van der Waals surface area contributed by atoms with Gasteiger partial charge in [-0.2, -0.15) is 0 Å². The number of ether oxygens (including phenoxy) is 1. The molecule has 1 saturated carbocycles. The van der Waals surface area contributed by atoms with Gasteiger partial charge in [0.1, 0.15) is 5.75 Å². The molecule has 1 atom stereocenters. The van der Waals surface area contributed by atoms with Gasteiger partial charge in [0.2, 0.25) is 21.9 Å². The Bertz CT molecular complexity index is 1610. The van der Waals surface area contributed by atoms with Gasteiger partial charge in [0.05, 0.1) is 22.2 Å². The summed E-state index contributed by atoms with van der Waals surface area (Å²) in [6.07, 6.45) is 7.97. The van der Waals surface area contributed by atoms with Crippen LogP contribution in [0.5, 0.6) is 11.6 Å². The fourth-order valence-electron chi connectivity index (χ4n) is 5.08. The highest BCUT2D eigenvalue weighted by Crippen LogP contribution is 2.39. The van der Waals surface area contributed by atoms with Gasteiger partial charge in [-0.3, -0.25) is 4.72 Å². The Morgan fingerprint density at radius 1 is 0.950 bits per heavy atom. The molecular weight excluding hydrogens is 548 g/mol. The molecule has 2 aromatic heterocycles. The van der Waals surface area contributed by atoms with Crippen molar-refractivity contribution < 1.29 is 13.2 Å². The molecule has 1 aliphatic heterocycles. The van der Waals surface area contributed by atoms with Crippen LogP contribution in [0.4, 0.5) is 11.6 Å². The van der Waals surface area contributed by atoms with Crippen molar-refractivity contribution in [3.05, 3.63) is 66.5 Å². The van der Waals surface area contributed by atoms with Crippen molar-refractivity contribution in [2.75, 3.05) is 23.1 Å². The molecule has 11 heteroatoms. The first-order chi connectivity index (χ1) is 19.0. The van der Waals surface area contributed by atoms with Crippen LogP contribution in [0.15, 0.2) is 60.9 Å². The van der Waals surface area contributed by atoms with E-state index in [0.717, 1.165) is 54.3 Å². The molecular formula is C29H33ClN6O3S. The second-order valence-electron chi connectivity index (χ2n) is 10.2. The number of piperidine rings is 1. The maximum Gasteiger partial charge on any atom is 0.235 e. The molecule has 210 valence electrons. The van der Waals surface area contributed by atoms with Gasteiger partial charge in [0.25, 0.3) is 0 Å². The van der Waals surface area contributed by atoms with Crippen LogP contribution in [0.1, 0.15) is 37.7 Å². The normalized spacial score (nSPS) is 17.5. The van der Waals surface area contributed by atoms with Gasteiger partial charge in [0.15, 0.2) is 0 Å². The smallest absolute Gasteiger partial charge is 0.235 e. The molecule has 2 fully saturated rings. The summed E-state index contributed by atoms with van der Waals surface area (Å²) in [5, 5.41) is 8.08. The van der Waals surface area contributed by atoms with Crippen LogP contribution in [0, 0.1) is 6.92 Å². The number of hydrogen-bond donors (Lipinski definition) is 3. The molecule has 2 aromatic carbocycles. The topological polar surface area (TPSA) is 118 Å². The van der Waals surface area contributed by atoms with Crippen LogP contribution in [0.3, 0.4) is 0 Å². The number of aromatic nitrogens is 3. The number of nitrogens with zero attached hydrogens (tertiary/aromatic N) is 3. The van der Waals surface area contributed by atoms with Crippen molar-refractivity contribution in [3.8, 4) is 22.9 Å². The van der Waals surface area contributed by atoms with Crippen molar-refractivity contribution in [1.29, 1.82) is 0 Å². The van der Waals surface area contributed by atoms with Gasteiger partial charge in [-0.05, 0) is 69.0 Å². The Morgan fingerprint density at radius 3 is 2.60 bits per heavy atom. The lowest BCUT2D eigenvalue weighted by atomic mass is 10.0. The largest absolute Gasteiger partial charge is 0.437 e. The fourth-order valence-corrected chi connectivity index (χ4v) is 6.69. The molecule has 6 rings (SSSR count). The van der Waals surface area contributed by atoms with Crippen molar-refractivity contribution >= 4 is 44.8 Å². The summed E-state index contributed by atoms with van der Waals surface area (Å²) >= 11 is 0. The molecule has 0 spiro atoms. The molecule has 1 aliphatic carbocycles. The highest BCUT2D eigenvalue weighted by Gasteiger charge is 2.31. The van der Waals surface area contributed by atoms with Crippen LogP contribution >= 0.6 is 12.4 Å². The van der Waals surface area contributed by atoms with E-state index in [4.69, 9.17) is 9.72 Å². The summed E-state index contributed by atoms with van der Waals surface area (Å²) in [5.74, 6) is 1.61. The highest BCUT2D eigenvalue weighted by molar-refractivity contribution is 7.93. The van der Waals surface area contributed by atoms with Crippen LogP contribution in [0.25, 0.3) is 22.0 Å². The SMILES string of the molecule is Cc1ccc2c(NS(=O)(=O)C3CCC3)cccc2c1Oc1ncccc1-c1ccnc(NC2CCCNC2)n1.Cl. The van der Waals surface area contributed by atoms with Gasteiger partial charge in [-0.1, -0.05) is 30.7 Å². The van der Waals surface area contributed by atoms with Gasteiger partial charge in [-0.25, -0.2) is 23.4 Å². The summed E-state index contributed by atoms with van der Waals surface area (Å²) in [4.78, 5) is 13.7. The van der Waals surface area contributed by atoms with E-state index in [0.29, 0.717) is 41.8 Å². The van der Waals surface area contributed by atoms with Gasteiger partial charge in [0, 0.05) is 35.8 Å². The summed E-state index contributed by atoms with van der Waals surface area (Å²) in [7, 11) is -3.43. The minimum atomic E-state index is -3.43. The van der Waals surface area contributed by atoms with Crippen molar-refractivity contribution in [2.24, 2.45) is 0 Å². The summed E-state index contributed by atoms with van der Waals surface area (Å²) < 4.78 is 35.0. The highest BCUT2D eigenvalue weighted by atomic mass is 35.5. The zero-order valence-corrected chi connectivity index (χ0v) is 23.9. The Morgan fingerprint density at radius 2 is 1.82 bits per heavy atom. The monoisotopic (exact) mass is 580 g/mol. The molecule has 3 N–H and O–H groups in total. The maximum absolute atomic E-state index is 12.9. The van der Waals surface area contributed by atoms with Crippen LogP contribution in [-0.4, -0.2) is 47.8 Å². The minimum absolute atomic E-state index is 0. The zero-order valence-electron chi connectivity index (χ0n) is 22.3. The standard InChI is InChI=1S/C29H32N6O3S.ClH/c1-19-12-13-22-23(9-3-11-26(22)35-39(36,37)21-7-2-8-21)27(19)38-28-24(10-5-16-31-28)25-14-17-32-29(34-25)33-20-6-4-15-30-18-20;/h3,5,9-14,16-17,20-21,30,35H,2,4,6-8,15,18H2,1H3,(H,32,33,34);1H. The molecule has 4 aromatic rings. The first-order valence-corrected chi connectivity index (χ1v) is 15.0. The van der Waals surface area contributed by atoms with E-state index in [9.17, 15) is 8.42 Å². The number of sulfonamides is 1. The number of aryl methyl sites for hydroxylation is 1. The van der Waals surface area contributed by atoms with Gasteiger partial charge >= 0.3 is 0 Å².